The Labute approximate surface area is 166 Å². The minimum Gasteiger partial charge on any atom is -0.462 e. The highest BCUT2D eigenvalue weighted by molar-refractivity contribution is 5.90. The first kappa shape index (κ1) is 17.2. The van der Waals surface area contributed by atoms with Crippen molar-refractivity contribution < 1.29 is 9.53 Å². The Balaban J connectivity index is 1.76. The van der Waals surface area contributed by atoms with E-state index in [1.54, 1.807) is 6.92 Å². The predicted molar refractivity (Wildman–Crippen MR) is 112 cm³/mol. The fraction of sp³-hybridized carbons (Fsp3) is 0.0870. The number of H-pyrrole nitrogens is 4. The third-order valence-electron chi connectivity index (χ3n) is 4.79. The maximum atomic E-state index is 12.4. The smallest absolute Gasteiger partial charge is 0.340 e. The lowest BCUT2D eigenvalue weighted by molar-refractivity contribution is 0.0525. The summed E-state index contributed by atoms with van der Waals surface area (Å²) in [6, 6.07) is 13.9. The van der Waals surface area contributed by atoms with Crippen LogP contribution in [0.5, 0.6) is 0 Å². The van der Waals surface area contributed by atoms with Crippen LogP contribution in [0.2, 0.25) is 0 Å². The van der Waals surface area contributed by atoms with E-state index in [4.69, 9.17) is 4.74 Å². The third kappa shape index (κ3) is 3.48. The molecule has 0 saturated carbocycles. The molecule has 4 aromatic rings. The topological polar surface area (TPSA) is 89.5 Å². The largest absolute Gasteiger partial charge is 0.462 e. The molecule has 144 valence electrons. The Morgan fingerprint density at radius 3 is 1.86 bits per heavy atom. The van der Waals surface area contributed by atoms with Gasteiger partial charge in [-0.1, -0.05) is 0 Å². The van der Waals surface area contributed by atoms with Crippen LogP contribution in [0, 0.1) is 0 Å². The van der Waals surface area contributed by atoms with Gasteiger partial charge in [-0.15, -0.1) is 0 Å². The van der Waals surface area contributed by atoms with Gasteiger partial charge in [-0.25, -0.2) is 4.79 Å². The van der Waals surface area contributed by atoms with Crippen molar-refractivity contribution in [2.24, 2.45) is 0 Å². The maximum Gasteiger partial charge on any atom is 0.340 e. The zero-order valence-corrected chi connectivity index (χ0v) is 15.9. The molecule has 0 fully saturated rings. The Morgan fingerprint density at radius 2 is 1.28 bits per heavy atom. The summed E-state index contributed by atoms with van der Waals surface area (Å²) in [7, 11) is 0. The summed E-state index contributed by atoms with van der Waals surface area (Å²) in [4.78, 5) is 25.9. The van der Waals surface area contributed by atoms with Crippen LogP contribution in [0.15, 0.2) is 42.5 Å². The second-order valence-corrected chi connectivity index (χ2v) is 6.96. The highest BCUT2D eigenvalue weighted by Crippen LogP contribution is 2.05. The quantitative estimate of drug-likeness (QED) is 0.339. The summed E-state index contributed by atoms with van der Waals surface area (Å²) in [5.74, 6) is -0.343. The summed E-state index contributed by atoms with van der Waals surface area (Å²) < 4.78 is 5.23. The highest BCUT2D eigenvalue weighted by Gasteiger charge is 2.11. The SMILES string of the molecule is CCOC(=O)c1cc2[nH]c1=Cc1ccc([nH]1)C=c1ccc([nH]1)=Cc1ccc([nH]1)C=2. The average molecular weight is 384 g/mol. The Hall–Kier alpha value is -3.93. The Kier molecular flexibility index (Phi) is 4.09. The van der Waals surface area contributed by atoms with Gasteiger partial charge in [0, 0.05) is 38.8 Å². The molecule has 5 heterocycles. The molecule has 1 aliphatic heterocycles. The molecule has 0 spiro atoms. The fourth-order valence-corrected chi connectivity index (χ4v) is 3.51. The van der Waals surface area contributed by atoms with Crippen molar-refractivity contribution in [3.05, 3.63) is 92.2 Å². The van der Waals surface area contributed by atoms with E-state index >= 15 is 0 Å². The molecule has 0 unspecified atom stereocenters. The molecule has 0 aromatic carbocycles. The molecule has 0 amide bonds. The van der Waals surface area contributed by atoms with Gasteiger partial charge in [0.15, 0.2) is 0 Å². The number of aromatic amines is 4. The van der Waals surface area contributed by atoms with Crippen LogP contribution in [-0.2, 0) is 4.74 Å². The second kappa shape index (κ2) is 6.91. The van der Waals surface area contributed by atoms with Crippen molar-refractivity contribution in [1.82, 2.24) is 19.9 Å². The van der Waals surface area contributed by atoms with Crippen LogP contribution in [0.3, 0.4) is 0 Å². The molecule has 0 radical (unpaired) electrons. The van der Waals surface area contributed by atoms with Gasteiger partial charge in [0.1, 0.15) is 0 Å². The number of carbonyl (C=O) groups excluding carboxylic acids is 1. The molecule has 4 aromatic heterocycles. The molecule has 8 bridgehead atoms. The molecule has 6 nitrogen and oxygen atoms in total. The number of carbonyl (C=O) groups is 1. The second-order valence-electron chi connectivity index (χ2n) is 6.96. The van der Waals surface area contributed by atoms with Crippen molar-refractivity contribution in [3.63, 3.8) is 0 Å². The number of aromatic nitrogens is 4. The van der Waals surface area contributed by atoms with Crippen LogP contribution >= 0.6 is 0 Å². The summed E-state index contributed by atoms with van der Waals surface area (Å²) in [5, 5.41) is 3.54. The standard InChI is InChI=1S/C23H20N4O2/c1-2-29-23(28)21-12-20-11-18-6-5-16(25-18)9-14-3-4-15(24-14)10-17-7-8-19(26-17)13-22(21)27-20/h3-13,24-27H,2H2,1H3. The van der Waals surface area contributed by atoms with Gasteiger partial charge in [-0.05, 0) is 73.7 Å². The zero-order chi connectivity index (χ0) is 19.8. The number of fused-ring (bicyclic) bond motifs is 8. The van der Waals surface area contributed by atoms with E-state index in [1.165, 1.54) is 0 Å². The highest BCUT2D eigenvalue weighted by atomic mass is 16.5. The van der Waals surface area contributed by atoms with E-state index in [0.717, 1.165) is 38.8 Å². The van der Waals surface area contributed by atoms with Gasteiger partial charge < -0.3 is 24.7 Å². The fourth-order valence-electron chi connectivity index (χ4n) is 3.51. The van der Waals surface area contributed by atoms with Gasteiger partial charge >= 0.3 is 5.97 Å². The average Bonchev–Trinajstić information content (AvgIpc) is 3.46. The molecule has 5 rings (SSSR count). The van der Waals surface area contributed by atoms with Crippen LogP contribution in [0.1, 0.15) is 40.1 Å². The number of rotatable bonds is 2. The molecule has 6 heteroatoms. The lowest BCUT2D eigenvalue weighted by atomic mass is 10.2. The van der Waals surface area contributed by atoms with Crippen molar-refractivity contribution in [1.29, 1.82) is 0 Å². The van der Waals surface area contributed by atoms with E-state index in [0.29, 0.717) is 17.5 Å². The van der Waals surface area contributed by atoms with E-state index < -0.39 is 0 Å². The monoisotopic (exact) mass is 384 g/mol. The minimum absolute atomic E-state index is 0.331. The van der Waals surface area contributed by atoms with Gasteiger partial charge in [0.2, 0.25) is 0 Å². The zero-order valence-electron chi connectivity index (χ0n) is 15.9. The van der Waals surface area contributed by atoms with Gasteiger partial charge in [-0.2, -0.15) is 0 Å². The van der Waals surface area contributed by atoms with Crippen LogP contribution in [0.25, 0.3) is 24.3 Å². The van der Waals surface area contributed by atoms with Crippen molar-refractivity contribution in [2.45, 2.75) is 6.92 Å². The predicted octanol–water partition coefficient (Wildman–Crippen LogP) is 0.804. The summed E-state index contributed by atoms with van der Waals surface area (Å²) in [5.41, 5.74) is 4.29. The van der Waals surface area contributed by atoms with Crippen LogP contribution < -0.4 is 21.4 Å². The van der Waals surface area contributed by atoms with Crippen molar-refractivity contribution in [3.8, 4) is 0 Å². The minimum atomic E-state index is -0.343. The first-order valence-corrected chi connectivity index (χ1v) is 9.52. The van der Waals surface area contributed by atoms with Crippen LogP contribution in [-0.4, -0.2) is 32.5 Å². The molecular weight excluding hydrogens is 364 g/mol. The van der Waals surface area contributed by atoms with E-state index in [1.807, 2.05) is 60.7 Å². The number of esters is 1. The normalized spacial score (nSPS) is 12.3. The summed E-state index contributed by atoms with van der Waals surface area (Å²) in [6.45, 7) is 2.14. The van der Waals surface area contributed by atoms with Crippen molar-refractivity contribution >= 4 is 30.3 Å². The summed E-state index contributed by atoms with van der Waals surface area (Å²) >= 11 is 0. The third-order valence-corrected chi connectivity index (χ3v) is 4.79. The van der Waals surface area contributed by atoms with E-state index in [9.17, 15) is 4.79 Å². The molecule has 1 aliphatic rings. The van der Waals surface area contributed by atoms with Crippen molar-refractivity contribution in [2.75, 3.05) is 6.61 Å². The van der Waals surface area contributed by atoms with E-state index in [-0.39, 0.29) is 5.97 Å². The molecule has 0 saturated heterocycles. The number of nitrogens with one attached hydrogen (secondary N) is 4. The number of ether oxygens (including phenoxy) is 1. The Bertz CT molecular complexity index is 1440. The number of hydrogen-bond donors (Lipinski definition) is 4. The van der Waals surface area contributed by atoms with E-state index in [2.05, 4.69) is 26.0 Å². The summed E-state index contributed by atoms with van der Waals surface area (Å²) in [6.07, 6.45) is 7.98. The van der Waals surface area contributed by atoms with Gasteiger partial charge in [0.05, 0.1) is 17.5 Å². The molecule has 29 heavy (non-hydrogen) atoms. The maximum absolute atomic E-state index is 12.4. The number of hydrogen-bond acceptors (Lipinski definition) is 2. The first-order valence-electron chi connectivity index (χ1n) is 9.52. The molecule has 0 atom stereocenters. The lowest BCUT2D eigenvalue weighted by Gasteiger charge is -1.98. The van der Waals surface area contributed by atoms with Crippen LogP contribution in [0.4, 0.5) is 0 Å². The first-order chi connectivity index (χ1) is 14.2. The molecular formula is C23H20N4O2. The molecule has 0 aliphatic carbocycles. The van der Waals surface area contributed by atoms with Gasteiger partial charge in [0.25, 0.3) is 0 Å². The van der Waals surface area contributed by atoms with Gasteiger partial charge in [-0.3, -0.25) is 0 Å². The lowest BCUT2D eigenvalue weighted by Crippen LogP contribution is -2.17. The Morgan fingerprint density at radius 1 is 0.724 bits per heavy atom. The molecule has 4 N–H and O–H groups in total.